The van der Waals surface area contributed by atoms with Gasteiger partial charge >= 0.3 is 0 Å². The molecule has 8 nitrogen and oxygen atoms in total. The number of fused-ring (bicyclic) bond motifs is 1. The summed E-state index contributed by atoms with van der Waals surface area (Å²) in [5.74, 6) is -0.371. The number of hydrogen-bond donors (Lipinski definition) is 2. The molecule has 33 heavy (non-hydrogen) atoms. The van der Waals surface area contributed by atoms with E-state index < -0.39 is 5.60 Å². The Morgan fingerprint density at radius 2 is 1.82 bits per heavy atom. The number of carbonyl (C=O) groups is 2. The summed E-state index contributed by atoms with van der Waals surface area (Å²) in [7, 11) is 1.96. The summed E-state index contributed by atoms with van der Waals surface area (Å²) in [6, 6.07) is 13.3. The van der Waals surface area contributed by atoms with E-state index in [9.17, 15) is 19.8 Å². The summed E-state index contributed by atoms with van der Waals surface area (Å²) in [6.07, 6.45) is 3.13. The van der Waals surface area contributed by atoms with E-state index in [-0.39, 0.29) is 24.5 Å². The van der Waals surface area contributed by atoms with Gasteiger partial charge in [-0.05, 0) is 54.7 Å². The standard InChI is InChI=1S/C25H28N4O4/c1-27-16-26-21-14-19(6-7-22(21)27)17-2-4-18(5-3-17)23(31)28-11-12-29(20(15-28)8-13-30)24(32)25(33)9-10-25/h2-7,14,16,20,30,33H,8-13,15H2,1H3/t20-/m0/s1. The molecule has 172 valence electrons. The third-order valence-electron chi connectivity index (χ3n) is 6.81. The first-order valence-corrected chi connectivity index (χ1v) is 11.3. The van der Waals surface area contributed by atoms with E-state index in [2.05, 4.69) is 4.98 Å². The van der Waals surface area contributed by atoms with Gasteiger partial charge in [0.05, 0.1) is 23.4 Å². The zero-order valence-corrected chi connectivity index (χ0v) is 18.6. The minimum absolute atomic E-state index is 0.0791. The minimum atomic E-state index is -1.24. The summed E-state index contributed by atoms with van der Waals surface area (Å²) in [5.41, 5.74) is 3.37. The molecule has 2 aromatic carbocycles. The second-order valence-corrected chi connectivity index (χ2v) is 9.08. The first-order valence-electron chi connectivity index (χ1n) is 11.3. The van der Waals surface area contributed by atoms with Crippen molar-refractivity contribution in [2.24, 2.45) is 7.05 Å². The van der Waals surface area contributed by atoms with Crippen molar-refractivity contribution in [3.05, 3.63) is 54.4 Å². The molecule has 0 spiro atoms. The molecule has 0 unspecified atom stereocenters. The number of benzene rings is 2. The van der Waals surface area contributed by atoms with Gasteiger partial charge in [0.2, 0.25) is 0 Å². The maximum absolute atomic E-state index is 13.2. The second-order valence-electron chi connectivity index (χ2n) is 9.08. The largest absolute Gasteiger partial charge is 0.396 e. The maximum Gasteiger partial charge on any atom is 0.254 e. The van der Waals surface area contributed by atoms with E-state index in [1.807, 2.05) is 54.1 Å². The molecule has 8 heteroatoms. The highest BCUT2D eigenvalue weighted by Gasteiger charge is 2.52. The number of rotatable bonds is 5. The molecule has 5 rings (SSSR count). The molecule has 1 aliphatic carbocycles. The van der Waals surface area contributed by atoms with Gasteiger partial charge in [0.25, 0.3) is 11.8 Å². The van der Waals surface area contributed by atoms with Crippen molar-refractivity contribution in [2.75, 3.05) is 26.2 Å². The Morgan fingerprint density at radius 3 is 2.52 bits per heavy atom. The number of amides is 2. The van der Waals surface area contributed by atoms with Crippen molar-refractivity contribution in [2.45, 2.75) is 30.9 Å². The minimum Gasteiger partial charge on any atom is -0.396 e. The first-order chi connectivity index (χ1) is 15.9. The second kappa shape index (κ2) is 8.28. The lowest BCUT2D eigenvalue weighted by molar-refractivity contribution is -0.147. The zero-order valence-electron chi connectivity index (χ0n) is 18.6. The number of aliphatic hydroxyl groups excluding tert-OH is 1. The van der Waals surface area contributed by atoms with Crippen LogP contribution in [-0.2, 0) is 11.8 Å². The van der Waals surface area contributed by atoms with Crippen LogP contribution >= 0.6 is 0 Å². The molecule has 3 aromatic rings. The van der Waals surface area contributed by atoms with Crippen molar-refractivity contribution < 1.29 is 19.8 Å². The molecule has 2 fully saturated rings. The molecule has 2 amide bonds. The van der Waals surface area contributed by atoms with Crippen LogP contribution in [0.5, 0.6) is 0 Å². The molecule has 1 saturated heterocycles. The van der Waals surface area contributed by atoms with Crippen LogP contribution in [-0.4, -0.2) is 79.3 Å². The molecule has 2 N–H and O–H groups in total. The van der Waals surface area contributed by atoms with Crippen LogP contribution in [0, 0.1) is 0 Å². The van der Waals surface area contributed by atoms with Crippen molar-refractivity contribution in [3.63, 3.8) is 0 Å². The molecular formula is C25H28N4O4. The number of hydrogen-bond acceptors (Lipinski definition) is 5. The van der Waals surface area contributed by atoms with E-state index in [1.54, 1.807) is 16.1 Å². The van der Waals surface area contributed by atoms with Crippen LogP contribution in [0.25, 0.3) is 22.2 Å². The predicted molar refractivity (Wildman–Crippen MR) is 123 cm³/mol. The Hall–Kier alpha value is -3.23. The smallest absolute Gasteiger partial charge is 0.254 e. The van der Waals surface area contributed by atoms with Gasteiger partial charge in [0.15, 0.2) is 0 Å². The van der Waals surface area contributed by atoms with Gasteiger partial charge in [0.1, 0.15) is 5.60 Å². The summed E-state index contributed by atoms with van der Waals surface area (Å²) >= 11 is 0. The third kappa shape index (κ3) is 4.00. The van der Waals surface area contributed by atoms with Crippen LogP contribution in [0.4, 0.5) is 0 Å². The van der Waals surface area contributed by atoms with E-state index in [1.165, 1.54) is 0 Å². The SMILES string of the molecule is Cn1cnc2cc(-c3ccc(C(=O)N4CCN(C(=O)C5(O)CC5)[C@@H](CCO)C4)cc3)ccc21. The highest BCUT2D eigenvalue weighted by Crippen LogP contribution is 2.38. The van der Waals surface area contributed by atoms with Gasteiger partial charge in [-0.25, -0.2) is 4.98 Å². The Morgan fingerprint density at radius 1 is 1.09 bits per heavy atom. The monoisotopic (exact) mass is 448 g/mol. The fraction of sp³-hybridized carbons (Fsp3) is 0.400. The molecule has 1 atom stereocenters. The predicted octanol–water partition coefficient (Wildman–Crippen LogP) is 1.80. The summed E-state index contributed by atoms with van der Waals surface area (Å²) in [4.78, 5) is 33.6. The number of aliphatic hydroxyl groups is 2. The highest BCUT2D eigenvalue weighted by molar-refractivity contribution is 5.95. The van der Waals surface area contributed by atoms with Gasteiger partial charge in [-0.2, -0.15) is 0 Å². The molecule has 0 radical (unpaired) electrons. The fourth-order valence-corrected chi connectivity index (χ4v) is 4.61. The number of aromatic nitrogens is 2. The van der Waals surface area contributed by atoms with Crippen LogP contribution in [0.1, 0.15) is 29.6 Å². The summed E-state index contributed by atoms with van der Waals surface area (Å²) in [5, 5.41) is 19.7. The third-order valence-corrected chi connectivity index (χ3v) is 6.81. The Balaban J connectivity index is 1.30. The number of carbonyl (C=O) groups excluding carboxylic acids is 2. The summed E-state index contributed by atoms with van der Waals surface area (Å²) < 4.78 is 1.98. The van der Waals surface area contributed by atoms with Gasteiger partial charge < -0.3 is 24.6 Å². The molecular weight excluding hydrogens is 420 g/mol. The van der Waals surface area contributed by atoms with Crippen molar-refractivity contribution in [3.8, 4) is 11.1 Å². The molecule has 1 saturated carbocycles. The van der Waals surface area contributed by atoms with Crippen molar-refractivity contribution in [1.29, 1.82) is 0 Å². The molecule has 0 bridgehead atoms. The number of piperazine rings is 1. The lowest BCUT2D eigenvalue weighted by Crippen LogP contribution is -2.59. The van der Waals surface area contributed by atoms with Crippen LogP contribution < -0.4 is 0 Å². The van der Waals surface area contributed by atoms with E-state index in [0.717, 1.165) is 22.2 Å². The van der Waals surface area contributed by atoms with E-state index in [0.29, 0.717) is 44.5 Å². The van der Waals surface area contributed by atoms with Gasteiger partial charge in [-0.3, -0.25) is 9.59 Å². The Labute approximate surface area is 192 Å². The number of nitrogens with zero attached hydrogens (tertiary/aromatic N) is 4. The van der Waals surface area contributed by atoms with E-state index >= 15 is 0 Å². The molecule has 2 aliphatic rings. The first kappa shape index (κ1) is 21.6. The maximum atomic E-state index is 13.2. The number of aryl methyl sites for hydroxylation is 1. The number of imidazole rings is 1. The molecule has 1 aromatic heterocycles. The van der Waals surface area contributed by atoms with Crippen LogP contribution in [0.3, 0.4) is 0 Å². The fourth-order valence-electron chi connectivity index (χ4n) is 4.61. The van der Waals surface area contributed by atoms with Gasteiger partial charge in [-0.15, -0.1) is 0 Å². The topological polar surface area (TPSA) is 98.9 Å². The highest BCUT2D eigenvalue weighted by atomic mass is 16.3. The van der Waals surface area contributed by atoms with Gasteiger partial charge in [0, 0.05) is 38.9 Å². The quantitative estimate of drug-likeness (QED) is 0.620. The zero-order chi connectivity index (χ0) is 23.2. The Kier molecular flexibility index (Phi) is 5.42. The van der Waals surface area contributed by atoms with Crippen molar-refractivity contribution in [1.82, 2.24) is 19.4 Å². The average molecular weight is 449 g/mol. The average Bonchev–Trinajstić information content (AvgIpc) is 3.49. The van der Waals surface area contributed by atoms with Crippen LogP contribution in [0.2, 0.25) is 0 Å². The van der Waals surface area contributed by atoms with E-state index in [4.69, 9.17) is 0 Å². The van der Waals surface area contributed by atoms with Gasteiger partial charge in [-0.1, -0.05) is 18.2 Å². The van der Waals surface area contributed by atoms with Crippen molar-refractivity contribution >= 4 is 22.8 Å². The summed E-state index contributed by atoms with van der Waals surface area (Å²) in [6.45, 7) is 1.03. The molecule has 1 aliphatic heterocycles. The Bertz CT molecular complexity index is 1200. The molecule has 2 heterocycles. The normalized spacial score (nSPS) is 19.7. The lowest BCUT2D eigenvalue weighted by Gasteiger charge is -2.42. The van der Waals surface area contributed by atoms with Crippen LogP contribution in [0.15, 0.2) is 48.8 Å². The lowest BCUT2D eigenvalue weighted by atomic mass is 10.0.